The molecule has 2 aliphatic carbocycles. The Hall–Kier alpha value is -3.93. The van der Waals surface area contributed by atoms with E-state index in [2.05, 4.69) is 23.5 Å². The van der Waals surface area contributed by atoms with Gasteiger partial charge in [0, 0.05) is 31.0 Å². The van der Waals surface area contributed by atoms with Gasteiger partial charge >= 0.3 is 5.97 Å². The van der Waals surface area contributed by atoms with Crippen molar-refractivity contribution >= 4 is 17.8 Å². The topological polar surface area (TPSA) is 86.7 Å². The molecule has 6 nitrogen and oxygen atoms in total. The van der Waals surface area contributed by atoms with Crippen molar-refractivity contribution in [3.63, 3.8) is 0 Å². The van der Waals surface area contributed by atoms with Crippen LogP contribution in [0.15, 0.2) is 60.7 Å². The van der Waals surface area contributed by atoms with Crippen LogP contribution in [0.3, 0.4) is 0 Å². The maximum absolute atomic E-state index is 13.3. The quantitative estimate of drug-likeness (QED) is 0.431. The summed E-state index contributed by atoms with van der Waals surface area (Å²) in [6, 6.07) is 19.7. The van der Waals surface area contributed by atoms with E-state index in [4.69, 9.17) is 0 Å². The Labute approximate surface area is 229 Å². The number of hydrogen-bond donors (Lipinski definition) is 2. The van der Waals surface area contributed by atoms with Crippen molar-refractivity contribution in [2.24, 2.45) is 11.3 Å². The molecular formula is C33H34N2O4. The maximum Gasteiger partial charge on any atom is 0.335 e. The molecule has 6 rings (SSSR count). The monoisotopic (exact) mass is 522 g/mol. The van der Waals surface area contributed by atoms with Gasteiger partial charge in [-0.2, -0.15) is 0 Å². The number of benzene rings is 3. The number of nitrogens with one attached hydrogen (secondary N) is 1. The number of aromatic carboxylic acids is 1. The number of nitrogens with zero attached hydrogens (tertiary/aromatic N) is 1. The number of carboxylic acid groups (broad SMARTS) is 1. The van der Waals surface area contributed by atoms with Gasteiger partial charge in [-0.05, 0) is 83.5 Å². The molecule has 2 fully saturated rings. The van der Waals surface area contributed by atoms with Crippen LogP contribution in [0.5, 0.6) is 0 Å². The molecule has 1 aliphatic heterocycles. The lowest BCUT2D eigenvalue weighted by Crippen LogP contribution is -2.40. The van der Waals surface area contributed by atoms with Crippen molar-refractivity contribution in [2.45, 2.75) is 58.5 Å². The zero-order chi connectivity index (χ0) is 27.3. The highest BCUT2D eigenvalue weighted by Crippen LogP contribution is 2.48. The molecule has 0 aromatic heterocycles. The van der Waals surface area contributed by atoms with Crippen LogP contribution in [0.25, 0.3) is 11.1 Å². The summed E-state index contributed by atoms with van der Waals surface area (Å²) < 4.78 is 0. The first-order chi connectivity index (χ1) is 18.8. The van der Waals surface area contributed by atoms with Gasteiger partial charge < -0.3 is 15.3 Å². The zero-order valence-electron chi connectivity index (χ0n) is 22.5. The standard InChI is InChI=1S/C33H34N2O4/c1-20-23(9-6-10-24(20)31(37)38)25-12-11-22(18-34-30(36)28-17-27(28)21-7-4-3-5-8-21)29-19-35(16-13-26(25)29)32(39)33(2)14-15-33/h3-12,27-28H,13-19H2,1-2H3,(H,34,36)(H,37,38). The second-order valence-corrected chi connectivity index (χ2v) is 11.6. The van der Waals surface area contributed by atoms with Gasteiger partial charge in [-0.25, -0.2) is 4.79 Å². The van der Waals surface area contributed by atoms with Crippen LogP contribution < -0.4 is 5.32 Å². The Morgan fingerprint density at radius 1 is 0.974 bits per heavy atom. The van der Waals surface area contributed by atoms with Crippen LogP contribution in [0.4, 0.5) is 0 Å². The van der Waals surface area contributed by atoms with E-state index < -0.39 is 5.97 Å². The van der Waals surface area contributed by atoms with E-state index in [1.54, 1.807) is 12.1 Å². The normalized spacial score (nSPS) is 20.6. The van der Waals surface area contributed by atoms with E-state index >= 15 is 0 Å². The minimum Gasteiger partial charge on any atom is -0.478 e. The van der Waals surface area contributed by atoms with Crippen LogP contribution in [0.2, 0.25) is 0 Å². The number of carboxylic acids is 1. The minimum absolute atomic E-state index is 0.00296. The second-order valence-electron chi connectivity index (χ2n) is 11.6. The third-order valence-corrected chi connectivity index (χ3v) is 8.97. The Morgan fingerprint density at radius 3 is 2.46 bits per heavy atom. The number of fused-ring (bicyclic) bond motifs is 1. The second kappa shape index (κ2) is 9.67. The van der Waals surface area contributed by atoms with Gasteiger partial charge in [0.05, 0.1) is 5.56 Å². The minimum atomic E-state index is -0.939. The fourth-order valence-corrected chi connectivity index (χ4v) is 6.14. The van der Waals surface area contributed by atoms with Gasteiger partial charge in [-0.15, -0.1) is 0 Å². The van der Waals surface area contributed by atoms with Crippen LogP contribution in [0.1, 0.15) is 70.3 Å². The first-order valence-corrected chi connectivity index (χ1v) is 13.9. The zero-order valence-corrected chi connectivity index (χ0v) is 22.5. The maximum atomic E-state index is 13.3. The number of hydrogen-bond acceptors (Lipinski definition) is 3. The summed E-state index contributed by atoms with van der Waals surface area (Å²) in [5.41, 5.74) is 7.15. The van der Waals surface area contributed by atoms with Crippen molar-refractivity contribution in [1.29, 1.82) is 0 Å². The SMILES string of the molecule is Cc1c(C(=O)O)cccc1-c1ccc(CNC(=O)C2CC2c2ccccc2)c2c1CCN(C(=O)C1(C)CC1)C2. The van der Waals surface area contributed by atoms with Crippen molar-refractivity contribution < 1.29 is 19.5 Å². The molecule has 0 radical (unpaired) electrons. The lowest BCUT2D eigenvalue weighted by Gasteiger charge is -2.34. The van der Waals surface area contributed by atoms with E-state index in [-0.39, 0.29) is 29.1 Å². The summed E-state index contributed by atoms with van der Waals surface area (Å²) in [6.45, 7) is 5.46. The molecule has 2 amide bonds. The average molecular weight is 523 g/mol. The molecule has 0 spiro atoms. The highest BCUT2D eigenvalue weighted by molar-refractivity contribution is 5.92. The van der Waals surface area contributed by atoms with Crippen LogP contribution in [-0.2, 0) is 29.1 Å². The molecule has 1 heterocycles. The third-order valence-electron chi connectivity index (χ3n) is 8.97. The lowest BCUT2D eigenvalue weighted by atomic mass is 9.85. The summed E-state index contributed by atoms with van der Waals surface area (Å²) in [6.07, 6.45) is 3.43. The fourth-order valence-electron chi connectivity index (χ4n) is 6.14. The van der Waals surface area contributed by atoms with Gasteiger partial charge in [0.25, 0.3) is 0 Å². The molecule has 2 atom stereocenters. The number of carbonyl (C=O) groups is 3. The Bertz CT molecular complexity index is 1470. The Kier molecular flexibility index (Phi) is 6.29. The highest BCUT2D eigenvalue weighted by atomic mass is 16.4. The van der Waals surface area contributed by atoms with Gasteiger partial charge in [0.15, 0.2) is 0 Å². The van der Waals surface area contributed by atoms with Gasteiger partial charge in [-0.1, -0.05) is 61.5 Å². The van der Waals surface area contributed by atoms with E-state index in [1.165, 1.54) is 5.56 Å². The first kappa shape index (κ1) is 25.4. The Morgan fingerprint density at radius 2 is 1.74 bits per heavy atom. The number of rotatable bonds is 7. The third kappa shape index (κ3) is 4.73. The molecule has 2 N–H and O–H groups in total. The van der Waals surface area contributed by atoms with Gasteiger partial charge in [0.2, 0.25) is 11.8 Å². The predicted molar refractivity (Wildman–Crippen MR) is 149 cm³/mol. The molecule has 39 heavy (non-hydrogen) atoms. The summed E-state index contributed by atoms with van der Waals surface area (Å²) in [7, 11) is 0. The largest absolute Gasteiger partial charge is 0.478 e. The van der Waals surface area contributed by atoms with Crippen molar-refractivity contribution in [3.05, 3.63) is 94.0 Å². The molecule has 3 aromatic rings. The molecule has 2 unspecified atom stereocenters. The highest BCUT2D eigenvalue weighted by Gasteiger charge is 2.48. The van der Waals surface area contributed by atoms with Crippen LogP contribution in [-0.4, -0.2) is 34.3 Å². The van der Waals surface area contributed by atoms with Crippen molar-refractivity contribution in [1.82, 2.24) is 10.2 Å². The molecule has 3 aliphatic rings. The van der Waals surface area contributed by atoms with E-state index in [1.807, 2.05) is 49.1 Å². The van der Waals surface area contributed by atoms with E-state index in [0.717, 1.165) is 52.6 Å². The average Bonchev–Trinajstić information content (AvgIpc) is 3.88. The van der Waals surface area contributed by atoms with Crippen molar-refractivity contribution in [3.8, 4) is 11.1 Å². The smallest absolute Gasteiger partial charge is 0.335 e. The van der Waals surface area contributed by atoms with Gasteiger partial charge in [-0.3, -0.25) is 9.59 Å². The van der Waals surface area contributed by atoms with Gasteiger partial charge in [0.1, 0.15) is 0 Å². The molecule has 6 heteroatoms. The molecule has 0 bridgehead atoms. The molecule has 0 saturated heterocycles. The van der Waals surface area contributed by atoms with Crippen LogP contribution in [0, 0.1) is 18.3 Å². The van der Waals surface area contributed by atoms with E-state index in [0.29, 0.717) is 31.6 Å². The summed E-state index contributed by atoms with van der Waals surface area (Å²) in [5.74, 6) is -0.385. The summed E-state index contributed by atoms with van der Waals surface area (Å²) in [4.78, 5) is 40.1. The fraction of sp³-hybridized carbons (Fsp3) is 0.364. The lowest BCUT2D eigenvalue weighted by molar-refractivity contribution is -0.137. The summed E-state index contributed by atoms with van der Waals surface area (Å²) >= 11 is 0. The number of carbonyl (C=O) groups excluding carboxylic acids is 2. The Balaban J connectivity index is 1.29. The van der Waals surface area contributed by atoms with E-state index in [9.17, 15) is 19.5 Å². The summed E-state index contributed by atoms with van der Waals surface area (Å²) in [5, 5.41) is 12.8. The van der Waals surface area contributed by atoms with Crippen LogP contribution >= 0.6 is 0 Å². The molecule has 2 saturated carbocycles. The molecular weight excluding hydrogens is 488 g/mol. The first-order valence-electron chi connectivity index (χ1n) is 13.9. The predicted octanol–water partition coefficient (Wildman–Crippen LogP) is 5.46. The molecule has 3 aromatic carbocycles. The number of amides is 2. The molecule has 200 valence electrons. The van der Waals surface area contributed by atoms with Crippen molar-refractivity contribution in [2.75, 3.05) is 6.54 Å².